The number of H-pyrrole nitrogens is 1. The molecule has 1 aromatic carbocycles. The summed E-state index contributed by atoms with van der Waals surface area (Å²) in [5.74, 6) is 1.43. The summed E-state index contributed by atoms with van der Waals surface area (Å²) in [7, 11) is 1.72. The van der Waals surface area contributed by atoms with Gasteiger partial charge in [0.05, 0.1) is 10.5 Å². The summed E-state index contributed by atoms with van der Waals surface area (Å²) in [5.41, 5.74) is 6.82. The first-order valence-corrected chi connectivity index (χ1v) is 12.7. The first-order chi connectivity index (χ1) is 17.7. The molecule has 5 nitrogen and oxygen atoms in total. The van der Waals surface area contributed by atoms with Crippen LogP contribution in [-0.2, 0) is 4.74 Å². The van der Waals surface area contributed by atoms with E-state index in [-0.39, 0.29) is 6.10 Å². The van der Waals surface area contributed by atoms with Gasteiger partial charge in [0.2, 0.25) is 5.88 Å². The van der Waals surface area contributed by atoms with E-state index in [1.54, 1.807) is 13.3 Å². The van der Waals surface area contributed by atoms with Gasteiger partial charge in [-0.2, -0.15) is 0 Å². The van der Waals surface area contributed by atoms with Crippen LogP contribution in [0, 0.1) is 0 Å². The van der Waals surface area contributed by atoms with Crippen molar-refractivity contribution in [2.75, 3.05) is 26.7 Å². The van der Waals surface area contributed by atoms with Gasteiger partial charge in [0, 0.05) is 61.2 Å². The molecule has 6 rings (SSSR count). The SMILES string of the molecule is COC1C=CC=C2Oc3ncccc3C(=CCCN3CC=C(c4c[nH]c5c(Cl)cccc45)CC3)C=C21. The number of fused-ring (bicyclic) bond motifs is 3. The summed E-state index contributed by atoms with van der Waals surface area (Å²) in [4.78, 5) is 10.3. The zero-order chi connectivity index (χ0) is 24.5. The molecule has 6 heteroatoms. The topological polar surface area (TPSA) is 50.4 Å². The van der Waals surface area contributed by atoms with Crippen LogP contribution in [-0.4, -0.2) is 47.7 Å². The highest BCUT2D eigenvalue weighted by molar-refractivity contribution is 6.35. The Balaban J connectivity index is 1.19. The minimum Gasteiger partial charge on any atom is -0.438 e. The zero-order valence-corrected chi connectivity index (χ0v) is 21.0. The predicted molar refractivity (Wildman–Crippen MR) is 146 cm³/mol. The van der Waals surface area contributed by atoms with Crippen molar-refractivity contribution in [2.45, 2.75) is 18.9 Å². The summed E-state index contributed by atoms with van der Waals surface area (Å²) < 4.78 is 11.9. The average molecular weight is 498 g/mol. The molecule has 0 saturated carbocycles. The van der Waals surface area contributed by atoms with E-state index in [1.165, 1.54) is 16.5 Å². The molecule has 36 heavy (non-hydrogen) atoms. The Hall–Kier alpha value is -3.38. The first-order valence-electron chi connectivity index (χ1n) is 12.4. The van der Waals surface area contributed by atoms with Crippen LogP contribution in [0.1, 0.15) is 24.0 Å². The standard InChI is InChI=1S/C30H28ClN3O2/c1-35-27-10-3-11-28-24(27)18-21(22-8-4-14-32-30(22)36-28)6-5-15-34-16-12-20(13-17-34)25-19-33-29-23(25)7-2-9-26(29)31/h2-4,6-12,14,18-19,27,33H,5,13,15-17H2,1H3. The highest BCUT2D eigenvalue weighted by Crippen LogP contribution is 2.37. The normalized spacial score (nSPS) is 20.8. The number of para-hydroxylation sites is 1. The van der Waals surface area contributed by atoms with E-state index < -0.39 is 0 Å². The van der Waals surface area contributed by atoms with Gasteiger partial charge in [-0.05, 0) is 54.3 Å². The monoisotopic (exact) mass is 497 g/mol. The Morgan fingerprint density at radius 3 is 3.06 bits per heavy atom. The van der Waals surface area contributed by atoms with E-state index in [0.29, 0.717) is 5.88 Å². The Kier molecular flexibility index (Phi) is 6.36. The van der Waals surface area contributed by atoms with Crippen LogP contribution in [0.15, 0.2) is 90.5 Å². The van der Waals surface area contributed by atoms with Gasteiger partial charge >= 0.3 is 0 Å². The summed E-state index contributed by atoms with van der Waals surface area (Å²) >= 11 is 6.36. The molecule has 1 N–H and O–H groups in total. The van der Waals surface area contributed by atoms with E-state index in [2.05, 4.69) is 51.4 Å². The fourth-order valence-corrected chi connectivity index (χ4v) is 5.42. The molecular weight excluding hydrogens is 470 g/mol. The third kappa shape index (κ3) is 4.35. The maximum Gasteiger partial charge on any atom is 0.227 e. The fraction of sp³-hybridized carbons (Fsp3) is 0.233. The molecule has 4 heterocycles. The first kappa shape index (κ1) is 23.0. The van der Waals surface area contributed by atoms with E-state index in [4.69, 9.17) is 21.1 Å². The number of nitrogens with one attached hydrogen (secondary N) is 1. The van der Waals surface area contributed by atoms with Crippen molar-refractivity contribution in [3.05, 3.63) is 107 Å². The Bertz CT molecular complexity index is 1460. The largest absolute Gasteiger partial charge is 0.438 e. The van der Waals surface area contributed by atoms with Gasteiger partial charge in [-0.15, -0.1) is 0 Å². The molecule has 0 fully saturated rings. The maximum atomic E-state index is 6.36. The molecular formula is C30H28ClN3O2. The van der Waals surface area contributed by atoms with E-state index in [9.17, 15) is 0 Å². The fourth-order valence-electron chi connectivity index (χ4n) is 5.19. The van der Waals surface area contributed by atoms with Gasteiger partial charge in [0.15, 0.2) is 0 Å². The number of pyridine rings is 1. The quantitative estimate of drug-likeness (QED) is 0.433. The van der Waals surface area contributed by atoms with Crippen LogP contribution in [0.25, 0.3) is 22.0 Å². The summed E-state index contributed by atoms with van der Waals surface area (Å²) in [6.45, 7) is 2.97. The zero-order valence-electron chi connectivity index (χ0n) is 20.2. The molecule has 1 atom stereocenters. The third-order valence-electron chi connectivity index (χ3n) is 7.09. The number of rotatable bonds is 5. The molecule has 0 bridgehead atoms. The second-order valence-electron chi connectivity index (χ2n) is 9.22. The van der Waals surface area contributed by atoms with Crippen molar-refractivity contribution in [3.8, 4) is 5.88 Å². The molecule has 0 saturated heterocycles. The highest BCUT2D eigenvalue weighted by atomic mass is 35.5. The van der Waals surface area contributed by atoms with Gasteiger partial charge in [-0.3, -0.25) is 4.90 Å². The minimum atomic E-state index is -0.132. The Labute approximate surface area is 216 Å². The third-order valence-corrected chi connectivity index (χ3v) is 7.41. The van der Waals surface area contributed by atoms with Crippen LogP contribution in [0.4, 0.5) is 0 Å². The van der Waals surface area contributed by atoms with Crippen molar-refractivity contribution in [2.24, 2.45) is 0 Å². The van der Waals surface area contributed by atoms with Crippen LogP contribution in [0.3, 0.4) is 0 Å². The van der Waals surface area contributed by atoms with Crippen molar-refractivity contribution in [1.29, 1.82) is 0 Å². The molecule has 1 aliphatic carbocycles. The molecule has 0 spiro atoms. The van der Waals surface area contributed by atoms with Crippen molar-refractivity contribution < 1.29 is 9.47 Å². The maximum absolute atomic E-state index is 6.36. The number of aromatic nitrogens is 2. The number of aromatic amines is 1. The number of benzene rings is 1. The second kappa shape index (κ2) is 9.94. The minimum absolute atomic E-state index is 0.132. The van der Waals surface area contributed by atoms with Crippen molar-refractivity contribution >= 4 is 33.7 Å². The number of allylic oxidation sites excluding steroid dienone is 4. The molecule has 2 aromatic heterocycles. The molecule has 0 radical (unpaired) electrons. The number of hydrogen-bond donors (Lipinski definition) is 1. The Morgan fingerprint density at radius 1 is 1.25 bits per heavy atom. The molecule has 2 aliphatic heterocycles. The van der Waals surface area contributed by atoms with Gasteiger partial charge in [0.25, 0.3) is 0 Å². The summed E-state index contributed by atoms with van der Waals surface area (Å²) in [6, 6.07) is 10.1. The second-order valence-corrected chi connectivity index (χ2v) is 9.63. The highest BCUT2D eigenvalue weighted by Gasteiger charge is 2.25. The Morgan fingerprint density at radius 2 is 2.19 bits per heavy atom. The molecule has 3 aliphatic rings. The van der Waals surface area contributed by atoms with Gasteiger partial charge < -0.3 is 14.5 Å². The van der Waals surface area contributed by atoms with E-state index in [1.807, 2.05) is 36.4 Å². The molecule has 182 valence electrons. The van der Waals surface area contributed by atoms with Crippen molar-refractivity contribution in [1.82, 2.24) is 14.9 Å². The predicted octanol–water partition coefficient (Wildman–Crippen LogP) is 6.57. The van der Waals surface area contributed by atoms with E-state index >= 15 is 0 Å². The number of methoxy groups -OCH3 is 1. The lowest BCUT2D eigenvalue weighted by Crippen LogP contribution is -2.29. The lowest BCUT2D eigenvalue weighted by molar-refractivity contribution is 0.164. The lowest BCUT2D eigenvalue weighted by atomic mass is 9.97. The van der Waals surface area contributed by atoms with Gasteiger partial charge in [-0.1, -0.05) is 48.0 Å². The van der Waals surface area contributed by atoms with Gasteiger partial charge in [-0.25, -0.2) is 4.98 Å². The number of ether oxygens (including phenoxy) is 2. The summed E-state index contributed by atoms with van der Waals surface area (Å²) in [6.07, 6.45) is 18.5. The number of halogens is 1. The van der Waals surface area contributed by atoms with Crippen LogP contribution >= 0.6 is 11.6 Å². The molecule has 1 unspecified atom stereocenters. The van der Waals surface area contributed by atoms with Gasteiger partial charge in [0.1, 0.15) is 11.9 Å². The van der Waals surface area contributed by atoms with Crippen molar-refractivity contribution in [3.63, 3.8) is 0 Å². The number of nitrogens with zero attached hydrogens (tertiary/aromatic N) is 2. The lowest BCUT2D eigenvalue weighted by Gasteiger charge is -2.26. The smallest absolute Gasteiger partial charge is 0.227 e. The average Bonchev–Trinajstić information content (AvgIpc) is 3.28. The number of hydrogen-bond acceptors (Lipinski definition) is 4. The molecule has 3 aromatic rings. The van der Waals surface area contributed by atoms with Crippen LogP contribution in [0.5, 0.6) is 5.88 Å². The van der Waals surface area contributed by atoms with Crippen LogP contribution < -0.4 is 4.74 Å². The van der Waals surface area contributed by atoms with E-state index in [0.717, 1.165) is 65.5 Å². The molecule has 0 amide bonds. The van der Waals surface area contributed by atoms with Crippen LogP contribution in [0.2, 0.25) is 5.02 Å². The summed E-state index contributed by atoms with van der Waals surface area (Å²) in [5, 5.41) is 1.97.